The number of unbranched alkanes of at least 4 members (excludes halogenated alkanes) is 1. The van der Waals surface area contributed by atoms with Gasteiger partial charge in [-0.2, -0.15) is 10.3 Å². The van der Waals surface area contributed by atoms with Crippen molar-refractivity contribution in [1.82, 2.24) is 35.7 Å². The van der Waals surface area contributed by atoms with E-state index in [1.165, 1.54) is 0 Å². The van der Waals surface area contributed by atoms with Crippen LogP contribution >= 0.6 is 0 Å². The minimum atomic E-state index is -0.109. The molecule has 0 saturated carbocycles. The Balaban J connectivity index is 1.56. The highest BCUT2D eigenvalue weighted by molar-refractivity contribution is 5.92. The minimum Gasteiger partial charge on any atom is -0.351 e. The fourth-order valence-electron chi connectivity index (χ4n) is 3.76. The van der Waals surface area contributed by atoms with Gasteiger partial charge in [-0.3, -0.25) is 9.48 Å². The Morgan fingerprint density at radius 3 is 2.52 bits per heavy atom. The summed E-state index contributed by atoms with van der Waals surface area (Å²) in [7, 11) is 0. The molecule has 4 rings (SSSR count). The molecule has 0 atom stereocenters. The first-order valence-electron chi connectivity index (χ1n) is 11.5. The third-order valence-electron chi connectivity index (χ3n) is 5.53. The molecular formula is C25H29N7O. The lowest BCUT2D eigenvalue weighted by molar-refractivity contribution is 0.0948. The maximum Gasteiger partial charge on any atom is 0.271 e. The number of carbonyl (C=O) groups excluding carboxylic acids is 1. The van der Waals surface area contributed by atoms with Gasteiger partial charge in [-0.1, -0.05) is 68.8 Å². The number of aromatic nitrogens is 6. The number of nitrogens with zero attached hydrogens (tertiary/aromatic N) is 5. The van der Waals surface area contributed by atoms with E-state index < -0.39 is 0 Å². The van der Waals surface area contributed by atoms with Gasteiger partial charge in [-0.05, 0) is 47.2 Å². The molecule has 170 valence electrons. The van der Waals surface area contributed by atoms with E-state index in [0.29, 0.717) is 24.6 Å². The van der Waals surface area contributed by atoms with Crippen molar-refractivity contribution in [2.75, 3.05) is 6.54 Å². The lowest BCUT2D eigenvalue weighted by Crippen LogP contribution is -2.24. The van der Waals surface area contributed by atoms with Gasteiger partial charge in [0.05, 0.1) is 6.54 Å². The summed E-state index contributed by atoms with van der Waals surface area (Å²) in [5.41, 5.74) is 5.74. The van der Waals surface area contributed by atoms with Gasteiger partial charge in [-0.15, -0.1) is 10.2 Å². The highest BCUT2D eigenvalue weighted by Gasteiger charge is 2.15. The normalized spacial score (nSPS) is 11.0. The van der Waals surface area contributed by atoms with Gasteiger partial charge >= 0.3 is 0 Å². The summed E-state index contributed by atoms with van der Waals surface area (Å²) in [5.74, 6) is 0.461. The van der Waals surface area contributed by atoms with E-state index in [1.807, 2.05) is 35.9 Å². The smallest absolute Gasteiger partial charge is 0.271 e. The van der Waals surface area contributed by atoms with Crippen LogP contribution in [0.4, 0.5) is 0 Å². The Hall–Kier alpha value is -3.81. The van der Waals surface area contributed by atoms with Crippen molar-refractivity contribution in [1.29, 1.82) is 0 Å². The molecule has 0 bridgehead atoms. The van der Waals surface area contributed by atoms with E-state index >= 15 is 0 Å². The molecule has 0 spiro atoms. The van der Waals surface area contributed by atoms with Crippen molar-refractivity contribution in [2.45, 2.75) is 46.1 Å². The number of aromatic amines is 1. The van der Waals surface area contributed by atoms with E-state index in [1.54, 1.807) is 0 Å². The zero-order valence-corrected chi connectivity index (χ0v) is 19.1. The molecule has 2 N–H and O–H groups in total. The van der Waals surface area contributed by atoms with Crippen molar-refractivity contribution in [3.8, 4) is 22.5 Å². The second-order valence-corrected chi connectivity index (χ2v) is 8.02. The summed E-state index contributed by atoms with van der Waals surface area (Å²) in [4.78, 5) is 12.4. The fourth-order valence-corrected chi connectivity index (χ4v) is 3.76. The summed E-state index contributed by atoms with van der Waals surface area (Å²) in [6.45, 7) is 5.48. The second-order valence-electron chi connectivity index (χ2n) is 8.02. The standard InChI is InChI=1S/C25H29N7O/c1-3-5-8-20-16-23(25(33)26-15-4-2)29-32(20)17-18-11-13-19(14-12-18)21-9-6-7-10-22(21)24-27-30-31-28-24/h6-7,9-14,16H,3-5,8,15,17H2,1-2H3,(H,26,33)(H,27,28,30,31). The van der Waals surface area contributed by atoms with Crippen LogP contribution in [-0.2, 0) is 13.0 Å². The first-order valence-corrected chi connectivity index (χ1v) is 11.5. The van der Waals surface area contributed by atoms with Crippen molar-refractivity contribution in [2.24, 2.45) is 0 Å². The first-order chi connectivity index (χ1) is 16.2. The second kappa shape index (κ2) is 10.7. The molecule has 0 aliphatic rings. The third kappa shape index (κ3) is 5.34. The molecular weight excluding hydrogens is 414 g/mol. The van der Waals surface area contributed by atoms with Crippen LogP contribution in [0.2, 0.25) is 0 Å². The number of H-pyrrole nitrogens is 1. The summed E-state index contributed by atoms with van der Waals surface area (Å²) in [6, 6.07) is 18.3. The lowest BCUT2D eigenvalue weighted by Gasteiger charge is -2.10. The van der Waals surface area contributed by atoms with Crippen LogP contribution < -0.4 is 5.32 Å². The number of amides is 1. The number of aryl methyl sites for hydroxylation is 1. The zero-order chi connectivity index (χ0) is 23.0. The van der Waals surface area contributed by atoms with Crippen LogP contribution in [0.5, 0.6) is 0 Å². The lowest BCUT2D eigenvalue weighted by atomic mass is 9.98. The number of benzene rings is 2. The molecule has 2 aromatic heterocycles. The maximum atomic E-state index is 12.4. The van der Waals surface area contributed by atoms with Crippen molar-refractivity contribution >= 4 is 5.91 Å². The van der Waals surface area contributed by atoms with Crippen LogP contribution in [0.3, 0.4) is 0 Å². The van der Waals surface area contributed by atoms with Gasteiger partial charge in [0.1, 0.15) is 5.69 Å². The molecule has 0 aliphatic carbocycles. The number of tetrazole rings is 1. The summed E-state index contributed by atoms with van der Waals surface area (Å²) in [6.07, 6.45) is 3.96. The largest absolute Gasteiger partial charge is 0.351 e. The number of nitrogens with one attached hydrogen (secondary N) is 2. The number of carbonyl (C=O) groups is 1. The summed E-state index contributed by atoms with van der Waals surface area (Å²) < 4.78 is 1.96. The quantitative estimate of drug-likeness (QED) is 0.381. The molecule has 4 aromatic rings. The number of rotatable bonds is 10. The summed E-state index contributed by atoms with van der Waals surface area (Å²) >= 11 is 0. The highest BCUT2D eigenvalue weighted by atomic mass is 16.1. The van der Waals surface area contributed by atoms with Crippen LogP contribution in [0.1, 0.15) is 54.9 Å². The van der Waals surface area contributed by atoms with Gasteiger partial charge < -0.3 is 5.32 Å². The van der Waals surface area contributed by atoms with E-state index in [9.17, 15) is 4.79 Å². The molecule has 0 unspecified atom stereocenters. The molecule has 0 aliphatic heterocycles. The monoisotopic (exact) mass is 443 g/mol. The van der Waals surface area contributed by atoms with Crippen LogP contribution in [0, 0.1) is 0 Å². The first kappa shape index (κ1) is 22.4. The predicted octanol–water partition coefficient (Wildman–Crippen LogP) is 4.26. The molecule has 8 heteroatoms. The fraction of sp³-hybridized carbons (Fsp3) is 0.320. The average molecular weight is 444 g/mol. The SMILES string of the molecule is CCCCc1cc(C(=O)NCCC)nn1Cc1ccc(-c2ccccc2-c2nn[nH]n2)cc1. The van der Waals surface area contributed by atoms with Gasteiger partial charge in [0.25, 0.3) is 5.91 Å². The third-order valence-corrected chi connectivity index (χ3v) is 5.53. The Kier molecular flexibility index (Phi) is 7.24. The molecule has 8 nitrogen and oxygen atoms in total. The molecule has 2 aromatic carbocycles. The Labute approximate surface area is 193 Å². The van der Waals surface area contributed by atoms with E-state index in [-0.39, 0.29) is 5.91 Å². The van der Waals surface area contributed by atoms with Crippen molar-refractivity contribution in [3.05, 3.63) is 71.5 Å². The topological polar surface area (TPSA) is 101 Å². The molecule has 0 saturated heterocycles. The minimum absolute atomic E-state index is 0.109. The van der Waals surface area contributed by atoms with Crippen molar-refractivity contribution in [3.63, 3.8) is 0 Å². The molecule has 33 heavy (non-hydrogen) atoms. The predicted molar refractivity (Wildman–Crippen MR) is 128 cm³/mol. The van der Waals surface area contributed by atoms with Crippen LogP contribution in [0.15, 0.2) is 54.6 Å². The molecule has 1 amide bonds. The van der Waals surface area contributed by atoms with E-state index in [2.05, 4.69) is 68.3 Å². The average Bonchev–Trinajstić information content (AvgIpc) is 3.52. The Bertz CT molecular complexity index is 1180. The Morgan fingerprint density at radius 1 is 1.03 bits per heavy atom. The zero-order valence-electron chi connectivity index (χ0n) is 19.1. The van der Waals surface area contributed by atoms with Crippen molar-refractivity contribution < 1.29 is 4.79 Å². The number of hydrogen-bond donors (Lipinski definition) is 2. The van der Waals surface area contributed by atoms with Gasteiger partial charge in [-0.25, -0.2) is 0 Å². The highest BCUT2D eigenvalue weighted by Crippen LogP contribution is 2.29. The molecule has 0 radical (unpaired) electrons. The van der Waals surface area contributed by atoms with Crippen LogP contribution in [-0.4, -0.2) is 42.9 Å². The Morgan fingerprint density at radius 2 is 1.82 bits per heavy atom. The molecule has 0 fully saturated rings. The maximum absolute atomic E-state index is 12.4. The van der Waals surface area contributed by atoms with Gasteiger partial charge in [0.2, 0.25) is 5.82 Å². The number of hydrogen-bond acceptors (Lipinski definition) is 5. The van der Waals surface area contributed by atoms with Gasteiger partial charge in [0, 0.05) is 17.8 Å². The summed E-state index contributed by atoms with van der Waals surface area (Å²) in [5, 5.41) is 22.0. The van der Waals surface area contributed by atoms with Crippen LogP contribution in [0.25, 0.3) is 22.5 Å². The molecule has 2 heterocycles. The van der Waals surface area contributed by atoms with E-state index in [4.69, 9.17) is 0 Å². The van der Waals surface area contributed by atoms with E-state index in [0.717, 1.165) is 53.6 Å². The van der Waals surface area contributed by atoms with Gasteiger partial charge in [0.15, 0.2) is 0 Å².